The fraction of sp³-hybridized carbons (Fsp3) is 0.800. The van der Waals surface area contributed by atoms with Crippen molar-refractivity contribution in [3.63, 3.8) is 0 Å². The summed E-state index contributed by atoms with van der Waals surface area (Å²) in [5.74, 6) is 0.714. The van der Waals surface area contributed by atoms with Crippen LogP contribution in [0.15, 0.2) is 0 Å². The van der Waals surface area contributed by atoms with Gasteiger partial charge in [-0.15, -0.1) is 11.3 Å². The lowest BCUT2D eigenvalue weighted by Gasteiger charge is -2.34. The second kappa shape index (κ2) is 5.90. The monoisotopic (exact) mass is 281 g/mol. The molecule has 108 valence electrons. The first-order chi connectivity index (χ1) is 8.94. The van der Waals surface area contributed by atoms with Gasteiger partial charge in [0.1, 0.15) is 0 Å². The van der Waals surface area contributed by atoms with Crippen LogP contribution in [0.2, 0.25) is 0 Å². The Kier molecular flexibility index (Phi) is 4.64. The second-order valence-electron chi connectivity index (χ2n) is 6.23. The summed E-state index contributed by atoms with van der Waals surface area (Å²) < 4.78 is 0. The first-order valence-corrected chi connectivity index (χ1v) is 8.14. The first kappa shape index (κ1) is 14.9. The molecule has 2 rings (SSSR count). The summed E-state index contributed by atoms with van der Waals surface area (Å²) in [5.41, 5.74) is 1.60. The number of nitrogens with one attached hydrogen (secondary N) is 2. The van der Waals surface area contributed by atoms with E-state index in [0.717, 1.165) is 19.6 Å². The molecule has 0 saturated carbocycles. The highest BCUT2D eigenvalue weighted by atomic mass is 32.1. The van der Waals surface area contributed by atoms with Gasteiger partial charge in [0, 0.05) is 24.0 Å². The van der Waals surface area contributed by atoms with Gasteiger partial charge in [-0.2, -0.15) is 0 Å². The maximum Gasteiger partial charge on any atom is 0.0900 e. The molecule has 0 radical (unpaired) electrons. The standard InChI is InChI=1S/C15H27N3S/c1-10(2)15(6-7-16-8-15)9-17-11(3)14-12(4)18-13(5)19-14/h10-11,16-17H,6-9H2,1-5H3. The molecule has 3 nitrogen and oxygen atoms in total. The lowest BCUT2D eigenvalue weighted by atomic mass is 9.76. The van der Waals surface area contributed by atoms with Crippen molar-refractivity contribution in [1.82, 2.24) is 15.6 Å². The van der Waals surface area contributed by atoms with E-state index in [1.165, 1.54) is 22.0 Å². The minimum Gasteiger partial charge on any atom is -0.316 e. The van der Waals surface area contributed by atoms with Crippen LogP contribution in [0.3, 0.4) is 0 Å². The normalized spacial score (nSPS) is 25.2. The van der Waals surface area contributed by atoms with Crippen molar-refractivity contribution < 1.29 is 0 Å². The third-order valence-corrected chi connectivity index (χ3v) is 5.85. The molecule has 19 heavy (non-hydrogen) atoms. The Morgan fingerprint density at radius 1 is 1.37 bits per heavy atom. The van der Waals surface area contributed by atoms with Crippen LogP contribution in [0.5, 0.6) is 0 Å². The predicted octanol–water partition coefficient (Wildman–Crippen LogP) is 3.05. The Hall–Kier alpha value is -0.450. The lowest BCUT2D eigenvalue weighted by molar-refractivity contribution is 0.202. The third kappa shape index (κ3) is 3.18. The number of hydrogen-bond donors (Lipinski definition) is 2. The van der Waals surface area contributed by atoms with E-state index < -0.39 is 0 Å². The van der Waals surface area contributed by atoms with Gasteiger partial charge in [0.25, 0.3) is 0 Å². The minimum atomic E-state index is 0.405. The van der Waals surface area contributed by atoms with E-state index in [4.69, 9.17) is 0 Å². The number of hydrogen-bond acceptors (Lipinski definition) is 4. The predicted molar refractivity (Wildman–Crippen MR) is 82.8 cm³/mol. The van der Waals surface area contributed by atoms with Gasteiger partial charge in [-0.1, -0.05) is 13.8 Å². The van der Waals surface area contributed by atoms with Crippen LogP contribution >= 0.6 is 11.3 Å². The van der Waals surface area contributed by atoms with Crippen LogP contribution in [0.1, 0.15) is 48.8 Å². The van der Waals surface area contributed by atoms with Crippen molar-refractivity contribution in [2.45, 2.75) is 47.1 Å². The molecular weight excluding hydrogens is 254 g/mol. The molecule has 1 aromatic heterocycles. The molecular formula is C15H27N3S. The molecule has 2 atom stereocenters. The number of aryl methyl sites for hydroxylation is 2. The van der Waals surface area contributed by atoms with Gasteiger partial charge in [0.05, 0.1) is 10.7 Å². The largest absolute Gasteiger partial charge is 0.316 e. The van der Waals surface area contributed by atoms with Crippen molar-refractivity contribution in [3.05, 3.63) is 15.6 Å². The van der Waals surface area contributed by atoms with Crippen molar-refractivity contribution in [1.29, 1.82) is 0 Å². The average molecular weight is 281 g/mol. The van der Waals surface area contributed by atoms with Gasteiger partial charge in [-0.25, -0.2) is 4.98 Å². The number of rotatable bonds is 5. The van der Waals surface area contributed by atoms with E-state index >= 15 is 0 Å². The van der Waals surface area contributed by atoms with Crippen molar-refractivity contribution in [3.8, 4) is 0 Å². The number of aromatic nitrogens is 1. The fourth-order valence-electron chi connectivity index (χ4n) is 3.01. The van der Waals surface area contributed by atoms with E-state index in [2.05, 4.69) is 50.2 Å². The summed E-state index contributed by atoms with van der Waals surface area (Å²) >= 11 is 1.82. The van der Waals surface area contributed by atoms with Gasteiger partial charge in [0.2, 0.25) is 0 Å². The number of nitrogens with zero attached hydrogens (tertiary/aromatic N) is 1. The van der Waals surface area contributed by atoms with E-state index in [1.54, 1.807) is 0 Å². The molecule has 0 bridgehead atoms. The van der Waals surface area contributed by atoms with Gasteiger partial charge >= 0.3 is 0 Å². The maximum atomic E-state index is 4.53. The Bertz CT molecular complexity index is 419. The zero-order chi connectivity index (χ0) is 14.0. The average Bonchev–Trinajstić information content (AvgIpc) is 2.94. The molecule has 1 saturated heterocycles. The topological polar surface area (TPSA) is 37.0 Å². The van der Waals surface area contributed by atoms with Crippen LogP contribution in [-0.4, -0.2) is 24.6 Å². The summed E-state index contributed by atoms with van der Waals surface area (Å²) in [5, 5.41) is 8.44. The maximum absolute atomic E-state index is 4.53. The van der Waals surface area contributed by atoms with Gasteiger partial charge in [0.15, 0.2) is 0 Å². The molecule has 4 heteroatoms. The quantitative estimate of drug-likeness (QED) is 0.871. The lowest BCUT2D eigenvalue weighted by Crippen LogP contribution is -2.41. The molecule has 2 N–H and O–H groups in total. The second-order valence-corrected chi connectivity index (χ2v) is 7.46. The van der Waals surface area contributed by atoms with E-state index in [-0.39, 0.29) is 0 Å². The molecule has 0 aromatic carbocycles. The summed E-state index contributed by atoms with van der Waals surface area (Å²) in [6.45, 7) is 14.6. The third-order valence-electron chi connectivity index (χ3n) is 4.59. The zero-order valence-corrected chi connectivity index (χ0v) is 13.7. The van der Waals surface area contributed by atoms with Crippen LogP contribution in [0.4, 0.5) is 0 Å². The zero-order valence-electron chi connectivity index (χ0n) is 12.8. The molecule has 0 aliphatic carbocycles. The summed E-state index contributed by atoms with van der Waals surface area (Å²) in [7, 11) is 0. The molecule has 1 aromatic rings. The molecule has 1 aliphatic rings. The van der Waals surface area contributed by atoms with E-state index in [9.17, 15) is 0 Å². The highest BCUT2D eigenvalue weighted by Crippen LogP contribution is 2.34. The molecule has 2 unspecified atom stereocenters. The fourth-order valence-corrected chi connectivity index (χ4v) is 3.96. The highest BCUT2D eigenvalue weighted by molar-refractivity contribution is 7.11. The first-order valence-electron chi connectivity index (χ1n) is 7.32. The van der Waals surface area contributed by atoms with Gasteiger partial charge in [-0.3, -0.25) is 0 Å². The summed E-state index contributed by atoms with van der Waals surface area (Å²) in [6, 6.07) is 0.405. The molecule has 0 amide bonds. The Labute approximate surface area is 121 Å². The Balaban J connectivity index is 1.99. The minimum absolute atomic E-state index is 0.405. The Morgan fingerprint density at radius 2 is 2.11 bits per heavy atom. The van der Waals surface area contributed by atoms with Crippen molar-refractivity contribution in [2.75, 3.05) is 19.6 Å². The number of thiazole rings is 1. The Morgan fingerprint density at radius 3 is 2.58 bits per heavy atom. The highest BCUT2D eigenvalue weighted by Gasteiger charge is 2.36. The van der Waals surface area contributed by atoms with E-state index in [1.807, 2.05) is 11.3 Å². The van der Waals surface area contributed by atoms with Gasteiger partial charge in [-0.05, 0) is 45.1 Å². The summed E-state index contributed by atoms with van der Waals surface area (Å²) in [4.78, 5) is 5.92. The van der Waals surface area contributed by atoms with Crippen LogP contribution in [0, 0.1) is 25.2 Å². The van der Waals surface area contributed by atoms with Crippen LogP contribution in [0.25, 0.3) is 0 Å². The molecule has 0 spiro atoms. The molecule has 2 heterocycles. The molecule has 1 fully saturated rings. The van der Waals surface area contributed by atoms with Crippen molar-refractivity contribution in [2.24, 2.45) is 11.3 Å². The molecule has 1 aliphatic heterocycles. The SMILES string of the molecule is Cc1nc(C)c(C(C)NCC2(C(C)C)CCNC2)s1. The van der Waals surface area contributed by atoms with Crippen LogP contribution in [-0.2, 0) is 0 Å². The van der Waals surface area contributed by atoms with Crippen LogP contribution < -0.4 is 10.6 Å². The van der Waals surface area contributed by atoms with E-state index in [0.29, 0.717) is 17.4 Å². The van der Waals surface area contributed by atoms with Crippen molar-refractivity contribution >= 4 is 11.3 Å². The smallest absolute Gasteiger partial charge is 0.0900 e. The summed E-state index contributed by atoms with van der Waals surface area (Å²) in [6.07, 6.45) is 1.28. The van der Waals surface area contributed by atoms with Gasteiger partial charge < -0.3 is 10.6 Å².